The highest BCUT2D eigenvalue weighted by Crippen LogP contribution is 2.60. The van der Waals surface area contributed by atoms with Crippen LogP contribution in [-0.2, 0) is 44.8 Å². The third kappa shape index (κ3) is 39.1. The molecule has 0 amide bonds. The molecule has 137 heavy (non-hydrogen) atoms. The summed E-state index contributed by atoms with van der Waals surface area (Å²) in [5.74, 6) is 0.877. The summed E-state index contributed by atoms with van der Waals surface area (Å²) in [6, 6.07) is 125. The molecule has 22 heteroatoms. The van der Waals surface area contributed by atoms with Gasteiger partial charge in [-0.25, -0.2) is 14.2 Å². The number of rotatable bonds is 25. The van der Waals surface area contributed by atoms with E-state index in [-0.39, 0.29) is 37.1 Å². The zero-order valence-electron chi connectivity index (χ0n) is 82.7. The summed E-state index contributed by atoms with van der Waals surface area (Å²) in [5, 5.41) is 17.1. The predicted molar refractivity (Wildman–Crippen MR) is 580 cm³/mol. The number of aromatic nitrogens is 7. The Morgan fingerprint density at radius 2 is 0.818 bits per heavy atom. The van der Waals surface area contributed by atoms with Gasteiger partial charge in [0.05, 0.1) is 122 Å². The largest absolute Gasteiger partial charge is 0.500 e. The second kappa shape index (κ2) is 63.8. The van der Waals surface area contributed by atoms with E-state index in [4.69, 9.17) is 18.9 Å². The van der Waals surface area contributed by atoms with E-state index in [1.165, 1.54) is 98.3 Å². The molecule has 0 saturated carbocycles. The summed E-state index contributed by atoms with van der Waals surface area (Å²) >= 11 is 0. The fourth-order valence-corrected chi connectivity index (χ4v) is 25.2. The maximum atomic E-state index is 11.0. The Morgan fingerprint density at radius 1 is 0.482 bits per heavy atom. The number of nitrogens with zero attached hydrogens (tertiary/aromatic N) is 9. The van der Waals surface area contributed by atoms with Crippen LogP contribution in [-0.4, -0.2) is 146 Å². The summed E-state index contributed by atoms with van der Waals surface area (Å²) in [6.07, 6.45) is 22.4. The molecule has 0 aliphatic carbocycles. The molecule has 4 heterocycles. The molecule has 2 atom stereocenters. The number of methoxy groups -OCH3 is 6. The number of carbonyl (C=O) groups excluding carboxylic acids is 2. The van der Waals surface area contributed by atoms with Crippen molar-refractivity contribution < 1.29 is 51.7 Å². The lowest BCUT2D eigenvalue weighted by Gasteiger charge is -2.28. The molecule has 0 aliphatic rings. The number of aliphatic imine (C=N–C) groups is 1. The molecule has 0 aliphatic heterocycles. The molecule has 711 valence electrons. The van der Waals surface area contributed by atoms with Crippen LogP contribution in [0.25, 0.3) is 16.0 Å². The van der Waals surface area contributed by atoms with Gasteiger partial charge in [-0.2, -0.15) is 14.2 Å². The van der Waals surface area contributed by atoms with Gasteiger partial charge >= 0.3 is 23.3 Å². The summed E-state index contributed by atoms with van der Waals surface area (Å²) in [7, 11) is 16.0. The molecular weight excluding hydrogens is 1750 g/mol. The molecule has 2 unspecified atom stereocenters. The van der Waals surface area contributed by atoms with Gasteiger partial charge in [0, 0.05) is 84.8 Å². The van der Waals surface area contributed by atoms with E-state index in [2.05, 4.69) is 358 Å². The first-order valence-electron chi connectivity index (χ1n) is 44.8. The second-order valence-electron chi connectivity index (χ2n) is 32.1. The highest BCUT2D eigenvalue weighted by molar-refractivity contribution is 7.95. The molecule has 15 aromatic rings. The van der Waals surface area contributed by atoms with Crippen molar-refractivity contribution >= 4 is 84.5 Å². The quantitative estimate of drug-likeness (QED) is 0.0143. The van der Waals surface area contributed by atoms with Gasteiger partial charge in [0.15, 0.2) is 24.8 Å². The number of hydrogen-bond acceptors (Lipinski definition) is 13. The molecular formula is C115H142BN10O8P3+7. The summed E-state index contributed by atoms with van der Waals surface area (Å²) < 4.78 is 37.2. The Kier molecular flexibility index (Phi) is 53.1. The molecule has 11 aromatic carbocycles. The highest BCUT2D eigenvalue weighted by Gasteiger charge is 2.45. The van der Waals surface area contributed by atoms with Gasteiger partial charge in [-0.1, -0.05) is 256 Å². The standard InChI is InChI=1S/C28H30P2.C19H18P.C17H20O2.C12H12N.C9H11NO.2C7H9N2O2.C6H12N.C5H11NO.C4H6BN2.CH4/c1-29(25-15-7-3-8-16-25,26-17-9-4-10-18-26)23-24-30(2,27-19-11-5-12-20-27)28-21-13-6-14-22-28;1-20(17-11-5-2-6-12-17,18-13-7-3-8-14-18)19-15-9-4-10-16-19;1-18-16(14-9-5-3-6-10-14)13-17(19-2)15-11-7-4-8-12-15;1-13-9-7-12(8-10-13)11-5-3-2-4-6-11;1-10-7-8-5-3-4-6-9(8)11-2;2*1-9-4-3-8-5-6(9)7(10)11-2;1-5-7-6(2,3)4;1-5(7-3)4-6-2;1-5-7-4-2-3-6-7;/h3-22H,23-24H2,1-2H3;2-16H,1H3;3-12,16-17H,13H2,1-2H3;2-10H,1H3;3-7H,1-2H3;2*3-5H,1-2H3;1-4H3;6H,1,4H2,2-3H3;2-4H,1H3;1H4/q+2;+1;;+1;;3*+1;;;. The molecule has 0 bridgehead atoms. The van der Waals surface area contributed by atoms with Crippen LogP contribution < -0.4 is 60.9 Å². The third-order valence-corrected chi connectivity index (χ3v) is 33.9. The van der Waals surface area contributed by atoms with Crippen molar-refractivity contribution in [2.75, 3.05) is 95.6 Å². The molecule has 1 radical (unpaired) electrons. The number of esters is 2. The second-order valence-corrected chi connectivity index (χ2v) is 43.4. The van der Waals surface area contributed by atoms with Gasteiger partial charge in [0.25, 0.3) is 19.0 Å². The Morgan fingerprint density at radius 3 is 1.09 bits per heavy atom. The smallest absolute Gasteiger partial charge is 0.405 e. The van der Waals surface area contributed by atoms with Crippen LogP contribution in [0.15, 0.2) is 425 Å². The average molecular weight is 1900 g/mol. The molecule has 18 nitrogen and oxygen atoms in total. The minimum absolute atomic E-state index is 0. The molecule has 0 fully saturated rings. The maximum absolute atomic E-state index is 11.0. The zero-order valence-corrected chi connectivity index (χ0v) is 85.3. The van der Waals surface area contributed by atoms with Crippen molar-refractivity contribution in [1.29, 1.82) is 0 Å². The fourth-order valence-electron chi connectivity index (χ4n) is 13.9. The Bertz CT molecular complexity index is 5520. The van der Waals surface area contributed by atoms with Crippen LogP contribution in [0.5, 0.6) is 5.75 Å². The van der Waals surface area contributed by atoms with Gasteiger partial charge in [-0.15, -0.1) is 0 Å². The molecule has 1 N–H and O–H groups in total. The minimum Gasteiger partial charge on any atom is -0.500 e. The highest BCUT2D eigenvalue weighted by atomic mass is 31.2. The van der Waals surface area contributed by atoms with Crippen molar-refractivity contribution in [3.8, 4) is 22.9 Å². The van der Waals surface area contributed by atoms with Crippen LogP contribution in [0.4, 0.5) is 0 Å². The van der Waals surface area contributed by atoms with E-state index in [9.17, 15) is 9.59 Å². The topological polar surface area (TPSA) is 174 Å². The number of carbonyl (C=O) groups is 2. The maximum Gasteiger partial charge on any atom is 0.405 e. The lowest BCUT2D eigenvalue weighted by Crippen LogP contribution is -2.36. The van der Waals surface area contributed by atoms with Crippen LogP contribution in [0.1, 0.15) is 91.4 Å². The number of para-hydroxylation sites is 1. The SMILES string of the molecule is C.C=C(CNC)OC.CC#[N+]C(C)(C)C.CN=Cc1ccccc1OC.COC(=O)c1cncc[n+]1C.COC(=O)c1cncc[n+]1C.COC(CC(OC)c1ccccc1)c1ccccc1.C[B]n1cccn1.C[P+](CC[P+](C)(c1ccccc1)c1ccccc1)(c1ccccc1)c1ccccc1.C[P+](c1ccccc1)(c1ccccc1)c1ccccc1.C[n+]1ccc(-c2ccccc2)cc1. The number of benzene rings is 11. The van der Waals surface area contributed by atoms with Gasteiger partial charge in [-0.3, -0.25) is 15.0 Å². The summed E-state index contributed by atoms with van der Waals surface area (Å²) in [5.41, 5.74) is 6.85. The molecule has 0 saturated heterocycles. The Balaban J connectivity index is 0.000000279. The number of aryl methyl sites for hydroxylation is 3. The summed E-state index contributed by atoms with van der Waals surface area (Å²) in [6.45, 7) is 21.7. The molecule has 0 spiro atoms. The normalized spacial score (nSPS) is 10.8. The van der Waals surface area contributed by atoms with Gasteiger partial charge in [0.1, 0.15) is 80.5 Å². The Labute approximate surface area is 819 Å². The van der Waals surface area contributed by atoms with Crippen molar-refractivity contribution in [3.63, 3.8) is 0 Å². The minimum atomic E-state index is -1.53. The predicted octanol–water partition coefficient (Wildman–Crippen LogP) is 20.2. The van der Waals surface area contributed by atoms with Crippen molar-refractivity contribution in [3.05, 3.63) is 453 Å². The van der Waals surface area contributed by atoms with Crippen LogP contribution in [0.3, 0.4) is 0 Å². The van der Waals surface area contributed by atoms with Gasteiger partial charge in [-0.05, 0) is 132 Å². The molecule has 4 aromatic heterocycles. The first-order valence-corrected chi connectivity index (χ1v) is 51.9. The van der Waals surface area contributed by atoms with Gasteiger partial charge < -0.3 is 38.3 Å². The van der Waals surface area contributed by atoms with Crippen molar-refractivity contribution in [2.45, 2.75) is 66.1 Å². The number of nitrogens with one attached hydrogen (secondary N) is 1. The lowest BCUT2D eigenvalue weighted by atomic mass is 9.98. The van der Waals surface area contributed by atoms with E-state index < -0.39 is 21.8 Å². The fraction of sp³-hybridized carbons (Fsp3) is 0.235. The third-order valence-electron chi connectivity index (χ3n) is 21.5. The van der Waals surface area contributed by atoms with Crippen LogP contribution >= 0.6 is 21.8 Å². The zero-order chi connectivity index (χ0) is 98.7. The van der Waals surface area contributed by atoms with E-state index in [0.717, 1.165) is 30.0 Å². The van der Waals surface area contributed by atoms with Crippen molar-refractivity contribution in [1.82, 2.24) is 25.0 Å². The number of pyridine rings is 1. The van der Waals surface area contributed by atoms with E-state index >= 15 is 0 Å². The molecule has 15 rings (SSSR count). The van der Waals surface area contributed by atoms with E-state index in [1.807, 2.05) is 140 Å². The summed E-state index contributed by atoms with van der Waals surface area (Å²) in [4.78, 5) is 37.4. The van der Waals surface area contributed by atoms with E-state index in [1.54, 1.807) is 101 Å². The number of ether oxygens (including phenoxy) is 6. The lowest BCUT2D eigenvalue weighted by molar-refractivity contribution is -0.674. The van der Waals surface area contributed by atoms with Crippen molar-refractivity contribution in [2.24, 2.45) is 26.1 Å². The Hall–Kier alpha value is -13.4. The first-order chi connectivity index (χ1) is 65.8. The van der Waals surface area contributed by atoms with E-state index in [0.29, 0.717) is 11.4 Å². The average Bonchev–Trinajstić information content (AvgIpc) is 0.807. The monoisotopic (exact) mass is 1900 g/mol. The first kappa shape index (κ1) is 114. The van der Waals surface area contributed by atoms with Gasteiger partial charge in [0.2, 0.25) is 0 Å². The van der Waals surface area contributed by atoms with Crippen LogP contribution in [0, 0.1) is 6.07 Å². The number of likely N-dealkylation sites (N-methyl/N-ethyl adjacent to an activating group) is 1. The van der Waals surface area contributed by atoms with Crippen LogP contribution in [0.2, 0.25) is 6.82 Å². The number of hydrogen-bond donors (Lipinski definition) is 1.